The predicted octanol–water partition coefficient (Wildman–Crippen LogP) is 3.13. The Kier molecular flexibility index (Phi) is 6.44. The van der Waals surface area contributed by atoms with Gasteiger partial charge < -0.3 is 15.0 Å². The minimum absolute atomic E-state index is 0.339. The molecular formula is C19H26N2O. The number of likely N-dealkylation sites (N-methyl/N-ethyl adjacent to an activating group) is 1. The average molecular weight is 298 g/mol. The van der Waals surface area contributed by atoms with Gasteiger partial charge in [-0.15, -0.1) is 0 Å². The molecule has 22 heavy (non-hydrogen) atoms. The van der Waals surface area contributed by atoms with Crippen LogP contribution in [0.4, 0.5) is 0 Å². The minimum atomic E-state index is 0.339. The van der Waals surface area contributed by atoms with Crippen LogP contribution in [0.25, 0.3) is 0 Å². The third-order valence-corrected chi connectivity index (χ3v) is 3.87. The maximum Gasteiger partial charge on any atom is 0.119 e. The van der Waals surface area contributed by atoms with E-state index in [0.29, 0.717) is 6.04 Å². The highest BCUT2D eigenvalue weighted by molar-refractivity contribution is 5.30. The highest BCUT2D eigenvalue weighted by Gasteiger charge is 2.14. The Bertz CT molecular complexity index is 554. The lowest BCUT2D eigenvalue weighted by Gasteiger charge is -2.25. The van der Waals surface area contributed by atoms with Crippen LogP contribution < -0.4 is 10.1 Å². The fourth-order valence-corrected chi connectivity index (χ4v) is 2.56. The van der Waals surface area contributed by atoms with Crippen LogP contribution in [-0.2, 0) is 6.42 Å². The van der Waals surface area contributed by atoms with Crippen molar-refractivity contribution >= 4 is 0 Å². The van der Waals surface area contributed by atoms with Crippen LogP contribution in [0.2, 0.25) is 0 Å². The zero-order valence-corrected chi connectivity index (χ0v) is 13.8. The third kappa shape index (κ3) is 4.86. The number of ether oxygens (including phenoxy) is 1. The predicted molar refractivity (Wildman–Crippen MR) is 92.4 cm³/mol. The Morgan fingerprint density at radius 1 is 1.05 bits per heavy atom. The molecule has 0 aromatic heterocycles. The summed E-state index contributed by atoms with van der Waals surface area (Å²) in [5.41, 5.74) is 2.65. The molecule has 2 rings (SSSR count). The molecule has 0 aliphatic carbocycles. The lowest BCUT2D eigenvalue weighted by molar-refractivity contribution is 0.288. The Balaban J connectivity index is 1.89. The number of benzene rings is 2. The van der Waals surface area contributed by atoms with Gasteiger partial charge in [-0.05, 0) is 50.3 Å². The van der Waals surface area contributed by atoms with Crippen LogP contribution >= 0.6 is 0 Å². The van der Waals surface area contributed by atoms with Crippen molar-refractivity contribution in [3.8, 4) is 5.75 Å². The van der Waals surface area contributed by atoms with Crippen molar-refractivity contribution in [2.24, 2.45) is 0 Å². The van der Waals surface area contributed by atoms with Crippen molar-refractivity contribution in [2.45, 2.75) is 12.5 Å². The lowest BCUT2D eigenvalue weighted by atomic mass is 10.1. The van der Waals surface area contributed by atoms with Crippen LogP contribution in [0.3, 0.4) is 0 Å². The summed E-state index contributed by atoms with van der Waals surface area (Å²) in [6.07, 6.45) is 1.05. The van der Waals surface area contributed by atoms with Crippen LogP contribution in [-0.4, -0.2) is 39.2 Å². The van der Waals surface area contributed by atoms with Gasteiger partial charge in [0.2, 0.25) is 0 Å². The number of nitrogens with one attached hydrogen (secondary N) is 1. The van der Waals surface area contributed by atoms with Gasteiger partial charge in [-0.3, -0.25) is 0 Å². The summed E-state index contributed by atoms with van der Waals surface area (Å²) in [6, 6.07) is 19.2. The molecule has 0 aliphatic heterocycles. The SMILES string of the molecule is COc1cccc(C(CNCCc2ccccc2)N(C)C)c1. The smallest absolute Gasteiger partial charge is 0.119 e. The van der Waals surface area contributed by atoms with E-state index in [9.17, 15) is 0 Å². The van der Waals surface area contributed by atoms with Gasteiger partial charge in [0.15, 0.2) is 0 Å². The zero-order chi connectivity index (χ0) is 15.8. The first-order chi connectivity index (χ1) is 10.7. The Morgan fingerprint density at radius 3 is 2.50 bits per heavy atom. The maximum atomic E-state index is 5.33. The largest absolute Gasteiger partial charge is 0.497 e. The molecule has 118 valence electrons. The zero-order valence-electron chi connectivity index (χ0n) is 13.8. The topological polar surface area (TPSA) is 24.5 Å². The van der Waals surface area contributed by atoms with Crippen LogP contribution in [0, 0.1) is 0 Å². The summed E-state index contributed by atoms with van der Waals surface area (Å²) in [5, 5.41) is 3.57. The summed E-state index contributed by atoms with van der Waals surface area (Å²) in [4.78, 5) is 2.24. The van der Waals surface area contributed by atoms with Gasteiger partial charge in [0, 0.05) is 12.6 Å². The van der Waals surface area contributed by atoms with Gasteiger partial charge in [-0.25, -0.2) is 0 Å². The molecule has 0 saturated carbocycles. The monoisotopic (exact) mass is 298 g/mol. The molecule has 1 atom stereocenters. The van der Waals surface area contributed by atoms with E-state index in [1.807, 2.05) is 6.07 Å². The summed E-state index contributed by atoms with van der Waals surface area (Å²) < 4.78 is 5.33. The second-order valence-electron chi connectivity index (χ2n) is 5.70. The summed E-state index contributed by atoms with van der Waals surface area (Å²) in [7, 11) is 5.94. The first kappa shape index (κ1) is 16.5. The van der Waals surface area contributed by atoms with E-state index < -0.39 is 0 Å². The minimum Gasteiger partial charge on any atom is -0.497 e. The van der Waals surface area contributed by atoms with E-state index in [0.717, 1.165) is 25.3 Å². The standard InChI is InChI=1S/C19H26N2O/c1-21(2)19(17-10-7-11-18(14-17)22-3)15-20-13-12-16-8-5-4-6-9-16/h4-11,14,19-20H,12-13,15H2,1-3H3. The van der Waals surface area contributed by atoms with Gasteiger partial charge in [0.05, 0.1) is 7.11 Å². The van der Waals surface area contributed by atoms with Crippen molar-refractivity contribution in [1.29, 1.82) is 0 Å². The molecule has 0 spiro atoms. The molecule has 1 unspecified atom stereocenters. The van der Waals surface area contributed by atoms with Crippen molar-refractivity contribution in [1.82, 2.24) is 10.2 Å². The highest BCUT2D eigenvalue weighted by atomic mass is 16.5. The molecule has 1 N–H and O–H groups in total. The second-order valence-corrected chi connectivity index (χ2v) is 5.70. The Labute approximate surface area is 133 Å². The van der Waals surface area contributed by atoms with E-state index in [1.165, 1.54) is 11.1 Å². The molecule has 3 nitrogen and oxygen atoms in total. The number of hydrogen-bond acceptors (Lipinski definition) is 3. The van der Waals surface area contributed by atoms with Gasteiger partial charge >= 0.3 is 0 Å². The van der Waals surface area contributed by atoms with Gasteiger partial charge in [0.25, 0.3) is 0 Å². The molecule has 0 amide bonds. The van der Waals surface area contributed by atoms with E-state index in [-0.39, 0.29) is 0 Å². The summed E-state index contributed by atoms with van der Waals surface area (Å²) >= 11 is 0. The highest BCUT2D eigenvalue weighted by Crippen LogP contribution is 2.22. The number of methoxy groups -OCH3 is 1. The molecule has 0 heterocycles. The number of rotatable bonds is 8. The van der Waals surface area contributed by atoms with E-state index in [4.69, 9.17) is 4.74 Å². The molecule has 2 aromatic carbocycles. The van der Waals surface area contributed by atoms with E-state index >= 15 is 0 Å². The molecular weight excluding hydrogens is 272 g/mol. The maximum absolute atomic E-state index is 5.33. The second kappa shape index (κ2) is 8.57. The third-order valence-electron chi connectivity index (χ3n) is 3.87. The molecule has 2 aromatic rings. The van der Waals surface area contributed by atoms with Gasteiger partial charge in [-0.2, -0.15) is 0 Å². The molecule has 0 bridgehead atoms. The van der Waals surface area contributed by atoms with Crippen LogP contribution in [0.15, 0.2) is 54.6 Å². The first-order valence-electron chi connectivity index (χ1n) is 7.75. The van der Waals surface area contributed by atoms with Crippen molar-refractivity contribution in [3.05, 3.63) is 65.7 Å². The number of nitrogens with zero attached hydrogens (tertiary/aromatic N) is 1. The Morgan fingerprint density at radius 2 is 1.82 bits per heavy atom. The van der Waals surface area contributed by atoms with Gasteiger partial charge in [0.1, 0.15) is 5.75 Å². The van der Waals surface area contributed by atoms with Crippen LogP contribution in [0.1, 0.15) is 17.2 Å². The fraction of sp³-hybridized carbons (Fsp3) is 0.368. The van der Waals surface area contributed by atoms with Gasteiger partial charge in [-0.1, -0.05) is 42.5 Å². The summed E-state index contributed by atoms with van der Waals surface area (Å²) in [5.74, 6) is 0.911. The van der Waals surface area contributed by atoms with Crippen molar-refractivity contribution in [3.63, 3.8) is 0 Å². The number of hydrogen-bond donors (Lipinski definition) is 1. The molecule has 0 fully saturated rings. The molecule has 3 heteroatoms. The van der Waals surface area contributed by atoms with E-state index in [1.54, 1.807) is 7.11 Å². The normalized spacial score (nSPS) is 12.4. The first-order valence-corrected chi connectivity index (χ1v) is 7.75. The fourth-order valence-electron chi connectivity index (χ4n) is 2.56. The Hall–Kier alpha value is -1.84. The molecule has 0 saturated heterocycles. The lowest BCUT2D eigenvalue weighted by Crippen LogP contribution is -2.32. The summed E-state index contributed by atoms with van der Waals surface area (Å²) in [6.45, 7) is 1.91. The van der Waals surface area contributed by atoms with Crippen molar-refractivity contribution in [2.75, 3.05) is 34.3 Å². The average Bonchev–Trinajstić information content (AvgIpc) is 2.55. The molecule has 0 aliphatic rings. The van der Waals surface area contributed by atoms with Crippen LogP contribution in [0.5, 0.6) is 5.75 Å². The quantitative estimate of drug-likeness (QED) is 0.758. The van der Waals surface area contributed by atoms with E-state index in [2.05, 4.69) is 72.8 Å². The molecule has 0 radical (unpaired) electrons. The van der Waals surface area contributed by atoms with Crippen molar-refractivity contribution < 1.29 is 4.74 Å².